The monoisotopic (exact) mass is 292 g/mol. The topological polar surface area (TPSA) is 63.8 Å². The van der Waals surface area contributed by atoms with Crippen molar-refractivity contribution < 1.29 is 4.42 Å². The first-order valence-corrected chi connectivity index (χ1v) is 7.49. The van der Waals surface area contributed by atoms with Gasteiger partial charge >= 0.3 is 0 Å². The molecule has 7 heteroatoms. The number of nitrogens with zero attached hydrogens (tertiary/aromatic N) is 3. The molecule has 0 atom stereocenters. The van der Waals surface area contributed by atoms with Crippen molar-refractivity contribution in [2.75, 3.05) is 12.4 Å². The van der Waals surface area contributed by atoms with Crippen LogP contribution in [0.15, 0.2) is 33.2 Å². The second-order valence-corrected chi connectivity index (χ2v) is 5.84. The minimum atomic E-state index is 0.589. The summed E-state index contributed by atoms with van der Waals surface area (Å²) in [5, 5.41) is 5.50. The molecule has 3 heterocycles. The van der Waals surface area contributed by atoms with Crippen LogP contribution >= 0.6 is 23.1 Å². The third-order valence-corrected chi connectivity index (χ3v) is 4.63. The Morgan fingerprint density at radius 2 is 2.32 bits per heavy atom. The molecule has 0 fully saturated rings. The highest BCUT2D eigenvalue weighted by molar-refractivity contribution is 7.99. The van der Waals surface area contributed by atoms with Crippen LogP contribution in [0.25, 0.3) is 10.2 Å². The third kappa shape index (κ3) is 2.43. The summed E-state index contributed by atoms with van der Waals surface area (Å²) in [6.45, 7) is 2.14. The summed E-state index contributed by atoms with van der Waals surface area (Å²) in [5.74, 6) is 0.617. The van der Waals surface area contributed by atoms with E-state index in [0.717, 1.165) is 21.7 Å². The van der Waals surface area contributed by atoms with Crippen LogP contribution in [0, 0.1) is 0 Å². The summed E-state index contributed by atoms with van der Waals surface area (Å²) in [6, 6.07) is 2.14. The van der Waals surface area contributed by atoms with Gasteiger partial charge in [0.1, 0.15) is 16.1 Å². The number of aryl methyl sites for hydroxylation is 1. The number of oxazole rings is 1. The van der Waals surface area contributed by atoms with Gasteiger partial charge in [-0.15, -0.1) is 11.3 Å². The van der Waals surface area contributed by atoms with Crippen molar-refractivity contribution in [1.82, 2.24) is 15.0 Å². The molecule has 0 aromatic carbocycles. The zero-order valence-corrected chi connectivity index (χ0v) is 12.1. The fraction of sp³-hybridized carbons (Fsp3) is 0.250. The quantitative estimate of drug-likeness (QED) is 0.743. The number of anilines is 1. The first kappa shape index (κ1) is 12.4. The van der Waals surface area contributed by atoms with Crippen molar-refractivity contribution in [3.8, 4) is 0 Å². The highest BCUT2D eigenvalue weighted by Crippen LogP contribution is 2.35. The van der Waals surface area contributed by atoms with Crippen LogP contribution in [-0.2, 0) is 6.42 Å². The predicted octanol–water partition coefficient (Wildman–Crippen LogP) is 3.43. The molecule has 98 valence electrons. The van der Waals surface area contributed by atoms with E-state index in [-0.39, 0.29) is 0 Å². The van der Waals surface area contributed by atoms with Gasteiger partial charge in [-0.3, -0.25) is 0 Å². The number of rotatable bonds is 4. The van der Waals surface area contributed by atoms with Gasteiger partial charge in [-0.1, -0.05) is 6.92 Å². The number of hydrogen-bond acceptors (Lipinski definition) is 7. The molecule has 5 nitrogen and oxygen atoms in total. The Balaban J connectivity index is 2.11. The van der Waals surface area contributed by atoms with E-state index in [9.17, 15) is 0 Å². The van der Waals surface area contributed by atoms with Crippen LogP contribution in [0.2, 0.25) is 0 Å². The third-order valence-electron chi connectivity index (χ3n) is 2.57. The number of hydrogen-bond donors (Lipinski definition) is 1. The molecule has 0 aliphatic carbocycles. The van der Waals surface area contributed by atoms with E-state index in [0.29, 0.717) is 11.2 Å². The minimum Gasteiger partial charge on any atom is -0.440 e. The summed E-state index contributed by atoms with van der Waals surface area (Å²) < 4.78 is 5.27. The zero-order valence-electron chi connectivity index (χ0n) is 10.5. The fourth-order valence-corrected chi connectivity index (χ4v) is 3.46. The Labute approximate surface area is 118 Å². The lowest BCUT2D eigenvalue weighted by Crippen LogP contribution is -1.96. The standard InChI is InChI=1S/C12H12N4OS2/c1-3-7-6-8-9(18-7)15-11(13-2)16-10(8)19-12-14-4-5-17-12/h4-6H,3H2,1-2H3,(H,13,15,16). The minimum absolute atomic E-state index is 0.589. The molecule has 3 rings (SSSR count). The molecule has 3 aromatic heterocycles. The molecule has 0 saturated carbocycles. The van der Waals surface area contributed by atoms with E-state index in [1.165, 1.54) is 16.6 Å². The lowest BCUT2D eigenvalue weighted by Gasteiger charge is -2.02. The Morgan fingerprint density at radius 3 is 3.00 bits per heavy atom. The predicted molar refractivity (Wildman–Crippen MR) is 77.0 cm³/mol. The Kier molecular flexibility index (Phi) is 3.39. The van der Waals surface area contributed by atoms with Crippen molar-refractivity contribution in [2.45, 2.75) is 23.6 Å². The molecule has 1 N–H and O–H groups in total. The number of nitrogens with one attached hydrogen (secondary N) is 1. The largest absolute Gasteiger partial charge is 0.440 e. The first-order chi connectivity index (χ1) is 9.30. The summed E-state index contributed by atoms with van der Waals surface area (Å²) >= 11 is 3.11. The van der Waals surface area contributed by atoms with E-state index in [1.54, 1.807) is 23.8 Å². The van der Waals surface area contributed by atoms with E-state index >= 15 is 0 Å². The smallest absolute Gasteiger partial charge is 0.261 e. The van der Waals surface area contributed by atoms with Gasteiger partial charge in [-0.25, -0.2) is 15.0 Å². The summed E-state index contributed by atoms with van der Waals surface area (Å²) in [5.41, 5.74) is 0. The SMILES string of the molecule is CCc1cc2c(Sc3ncco3)nc(NC)nc2s1. The highest BCUT2D eigenvalue weighted by atomic mass is 32.2. The van der Waals surface area contributed by atoms with Gasteiger partial charge in [0.15, 0.2) is 0 Å². The van der Waals surface area contributed by atoms with Crippen molar-refractivity contribution in [3.05, 3.63) is 23.4 Å². The van der Waals surface area contributed by atoms with Crippen LogP contribution in [0.3, 0.4) is 0 Å². The van der Waals surface area contributed by atoms with Crippen LogP contribution in [0.4, 0.5) is 5.95 Å². The van der Waals surface area contributed by atoms with Gasteiger partial charge < -0.3 is 9.73 Å². The molecular formula is C12H12N4OS2. The molecule has 0 amide bonds. The maximum Gasteiger partial charge on any atom is 0.261 e. The maximum absolute atomic E-state index is 5.27. The number of fused-ring (bicyclic) bond motifs is 1. The van der Waals surface area contributed by atoms with E-state index < -0.39 is 0 Å². The van der Waals surface area contributed by atoms with Crippen molar-refractivity contribution in [1.29, 1.82) is 0 Å². The second-order valence-electron chi connectivity index (χ2n) is 3.79. The summed E-state index contributed by atoms with van der Waals surface area (Å²) in [7, 11) is 1.81. The Bertz CT molecular complexity index is 693. The molecule has 0 bridgehead atoms. The highest BCUT2D eigenvalue weighted by Gasteiger charge is 2.13. The normalized spacial score (nSPS) is 11.1. The zero-order chi connectivity index (χ0) is 13.2. The Morgan fingerprint density at radius 1 is 1.42 bits per heavy atom. The lowest BCUT2D eigenvalue weighted by atomic mass is 10.3. The van der Waals surface area contributed by atoms with Crippen LogP contribution in [0.1, 0.15) is 11.8 Å². The number of thiophene rings is 1. The van der Waals surface area contributed by atoms with Crippen LogP contribution in [-0.4, -0.2) is 22.0 Å². The van der Waals surface area contributed by atoms with Crippen molar-refractivity contribution in [2.24, 2.45) is 0 Å². The molecule has 0 spiro atoms. The van der Waals surface area contributed by atoms with E-state index in [4.69, 9.17) is 4.42 Å². The maximum atomic E-state index is 5.27. The average molecular weight is 292 g/mol. The average Bonchev–Trinajstić information content (AvgIpc) is 3.06. The second kappa shape index (κ2) is 5.18. The van der Waals surface area contributed by atoms with Gasteiger partial charge in [0.05, 0.1) is 6.20 Å². The van der Waals surface area contributed by atoms with E-state index in [1.807, 2.05) is 7.05 Å². The molecule has 0 unspecified atom stereocenters. The van der Waals surface area contributed by atoms with Gasteiger partial charge in [-0.05, 0) is 24.2 Å². The van der Waals surface area contributed by atoms with Crippen molar-refractivity contribution >= 4 is 39.3 Å². The molecule has 19 heavy (non-hydrogen) atoms. The molecule has 0 saturated heterocycles. The fourth-order valence-electron chi connectivity index (χ4n) is 1.65. The van der Waals surface area contributed by atoms with Gasteiger partial charge in [0, 0.05) is 17.3 Å². The summed E-state index contributed by atoms with van der Waals surface area (Å²) in [6.07, 6.45) is 4.19. The molecule has 0 aliphatic rings. The molecule has 0 radical (unpaired) electrons. The van der Waals surface area contributed by atoms with Crippen LogP contribution < -0.4 is 5.32 Å². The van der Waals surface area contributed by atoms with Crippen molar-refractivity contribution in [3.63, 3.8) is 0 Å². The van der Waals surface area contributed by atoms with Gasteiger partial charge in [0.2, 0.25) is 5.95 Å². The Hall–Kier alpha value is -1.60. The van der Waals surface area contributed by atoms with E-state index in [2.05, 4.69) is 33.3 Å². The lowest BCUT2D eigenvalue weighted by molar-refractivity contribution is 0.454. The summed E-state index contributed by atoms with van der Waals surface area (Å²) in [4.78, 5) is 15.4. The molecular weight excluding hydrogens is 280 g/mol. The molecule has 3 aromatic rings. The first-order valence-electron chi connectivity index (χ1n) is 5.85. The molecule has 0 aliphatic heterocycles. The number of aromatic nitrogens is 3. The van der Waals surface area contributed by atoms with Gasteiger partial charge in [-0.2, -0.15) is 0 Å². The van der Waals surface area contributed by atoms with Crippen LogP contribution in [0.5, 0.6) is 0 Å². The van der Waals surface area contributed by atoms with Gasteiger partial charge in [0.25, 0.3) is 5.22 Å².